The van der Waals surface area contributed by atoms with Crippen LogP contribution < -0.4 is 10.6 Å². The van der Waals surface area contributed by atoms with Crippen molar-refractivity contribution in [1.29, 1.82) is 0 Å². The molecule has 3 fully saturated rings. The zero-order valence-electron chi connectivity index (χ0n) is 13.6. The summed E-state index contributed by atoms with van der Waals surface area (Å²) >= 11 is 1.87. The highest BCUT2D eigenvalue weighted by atomic mass is 32.2. The zero-order valence-corrected chi connectivity index (χ0v) is 14.4. The van der Waals surface area contributed by atoms with Crippen LogP contribution in [0.25, 0.3) is 0 Å². The first-order chi connectivity index (χ1) is 11.5. The van der Waals surface area contributed by atoms with Crippen LogP contribution in [0, 0.1) is 0 Å². The van der Waals surface area contributed by atoms with Crippen LogP contribution in [0.2, 0.25) is 0 Å². The smallest absolute Gasteiger partial charge is 0.315 e. The topological polar surface area (TPSA) is 113 Å². The number of fused-ring (bicyclic) bond motifs is 1. The van der Waals surface area contributed by atoms with E-state index in [1.165, 1.54) is 0 Å². The minimum absolute atomic E-state index is 0.0640. The largest absolute Gasteiger partial charge is 0.481 e. The molecular weight excluding hydrogens is 332 g/mol. The summed E-state index contributed by atoms with van der Waals surface area (Å²) in [6.07, 6.45) is 5.08. The predicted octanol–water partition coefficient (Wildman–Crippen LogP) is 1.50. The molecular formula is C16H24N2O5S. The maximum atomic E-state index is 11.1. The summed E-state index contributed by atoms with van der Waals surface area (Å²) in [5.41, 5.74) is 0. The molecule has 0 spiro atoms. The number of thioether (sulfide) groups is 1. The highest BCUT2D eigenvalue weighted by Gasteiger charge is 2.42. The van der Waals surface area contributed by atoms with Crippen LogP contribution in [-0.2, 0) is 14.4 Å². The first-order valence-electron chi connectivity index (χ1n) is 8.39. The van der Waals surface area contributed by atoms with Crippen LogP contribution >= 0.6 is 11.8 Å². The van der Waals surface area contributed by atoms with Gasteiger partial charge in [0.25, 0.3) is 0 Å². The fraction of sp³-hybridized carbons (Fsp3) is 0.750. The molecule has 2 aliphatic heterocycles. The van der Waals surface area contributed by atoms with Crippen molar-refractivity contribution in [2.75, 3.05) is 5.75 Å². The van der Waals surface area contributed by atoms with Crippen LogP contribution in [0.4, 0.5) is 4.79 Å². The number of amides is 2. The summed E-state index contributed by atoms with van der Waals surface area (Å²) in [5, 5.41) is 14.8. The number of rotatable bonds is 5. The first kappa shape index (κ1) is 18.8. The molecule has 0 aromatic carbocycles. The monoisotopic (exact) mass is 356 g/mol. The average molecular weight is 356 g/mol. The van der Waals surface area contributed by atoms with Crippen molar-refractivity contribution in [2.45, 2.75) is 68.7 Å². The number of hydrogen-bond donors (Lipinski definition) is 3. The number of unbranched alkanes of at least 4 members (excludes halogenated alkanes) is 1. The number of aliphatic carboxylic acids is 1. The molecule has 134 valence electrons. The number of urea groups is 1. The Morgan fingerprint density at radius 1 is 1.12 bits per heavy atom. The van der Waals surface area contributed by atoms with Crippen molar-refractivity contribution < 1.29 is 24.3 Å². The molecule has 2 heterocycles. The van der Waals surface area contributed by atoms with E-state index in [4.69, 9.17) is 5.11 Å². The lowest BCUT2D eigenvalue weighted by Gasteiger charge is -2.16. The van der Waals surface area contributed by atoms with E-state index in [9.17, 15) is 19.2 Å². The maximum Gasteiger partial charge on any atom is 0.315 e. The van der Waals surface area contributed by atoms with Gasteiger partial charge in [0, 0.05) is 30.3 Å². The maximum absolute atomic E-state index is 11.1. The van der Waals surface area contributed by atoms with Crippen LogP contribution in [0.3, 0.4) is 0 Å². The van der Waals surface area contributed by atoms with E-state index in [-0.39, 0.29) is 42.5 Å². The lowest BCUT2D eigenvalue weighted by Crippen LogP contribution is -2.36. The van der Waals surface area contributed by atoms with Gasteiger partial charge in [0.2, 0.25) is 0 Å². The number of Topliss-reactive ketones (excluding diaryl/α,β-unsaturated/α-hetero) is 2. The van der Waals surface area contributed by atoms with Gasteiger partial charge in [-0.15, -0.1) is 0 Å². The van der Waals surface area contributed by atoms with Crippen molar-refractivity contribution in [1.82, 2.24) is 10.6 Å². The second-order valence-electron chi connectivity index (χ2n) is 6.37. The molecule has 1 saturated carbocycles. The lowest BCUT2D eigenvalue weighted by molar-refractivity contribution is -0.137. The molecule has 0 bridgehead atoms. The Hall–Kier alpha value is -1.57. The van der Waals surface area contributed by atoms with E-state index in [1.54, 1.807) is 0 Å². The number of ketones is 2. The van der Waals surface area contributed by atoms with Crippen molar-refractivity contribution in [2.24, 2.45) is 0 Å². The predicted molar refractivity (Wildman–Crippen MR) is 90.1 cm³/mol. The number of carbonyl (C=O) groups is 4. The highest BCUT2D eigenvalue weighted by molar-refractivity contribution is 8.00. The van der Waals surface area contributed by atoms with Crippen molar-refractivity contribution in [3.05, 3.63) is 0 Å². The number of nitrogens with one attached hydrogen (secondary N) is 2. The normalized spacial score (nSPS) is 28.5. The number of carboxylic acid groups (broad SMARTS) is 1. The minimum atomic E-state index is -0.729. The fourth-order valence-corrected chi connectivity index (χ4v) is 4.69. The van der Waals surface area contributed by atoms with Gasteiger partial charge in [0.15, 0.2) is 0 Å². The molecule has 3 N–H and O–H groups in total. The third-order valence-corrected chi connectivity index (χ3v) is 5.88. The van der Waals surface area contributed by atoms with E-state index in [1.807, 2.05) is 11.8 Å². The Labute approximate surface area is 145 Å². The number of carboxylic acids is 1. The van der Waals surface area contributed by atoms with Crippen LogP contribution in [0.5, 0.6) is 0 Å². The first-order valence-corrected chi connectivity index (χ1v) is 9.44. The third kappa shape index (κ3) is 5.81. The van der Waals surface area contributed by atoms with Gasteiger partial charge >= 0.3 is 12.0 Å². The van der Waals surface area contributed by atoms with Gasteiger partial charge in [-0.05, 0) is 19.3 Å². The van der Waals surface area contributed by atoms with Crippen LogP contribution in [-0.4, -0.2) is 51.8 Å². The van der Waals surface area contributed by atoms with E-state index in [0.29, 0.717) is 18.1 Å². The zero-order chi connectivity index (χ0) is 17.5. The van der Waals surface area contributed by atoms with Crippen LogP contribution in [0.1, 0.15) is 51.4 Å². The molecule has 0 unspecified atom stereocenters. The molecule has 7 nitrogen and oxygen atoms in total. The molecule has 0 aromatic rings. The van der Waals surface area contributed by atoms with Gasteiger partial charge in [-0.1, -0.05) is 6.42 Å². The summed E-state index contributed by atoms with van der Waals surface area (Å²) in [6, 6.07) is 0.440. The summed E-state index contributed by atoms with van der Waals surface area (Å²) in [6.45, 7) is 0. The summed E-state index contributed by atoms with van der Waals surface area (Å²) in [4.78, 5) is 42.4. The van der Waals surface area contributed by atoms with Crippen molar-refractivity contribution in [3.8, 4) is 0 Å². The fourth-order valence-electron chi connectivity index (χ4n) is 3.14. The van der Waals surface area contributed by atoms with E-state index in [0.717, 1.165) is 31.4 Å². The van der Waals surface area contributed by atoms with Gasteiger partial charge in [0.1, 0.15) is 11.6 Å². The Morgan fingerprint density at radius 3 is 2.42 bits per heavy atom. The van der Waals surface area contributed by atoms with Crippen molar-refractivity contribution >= 4 is 35.3 Å². The summed E-state index contributed by atoms with van der Waals surface area (Å²) < 4.78 is 0. The Bertz CT molecular complexity index is 497. The average Bonchev–Trinajstić information content (AvgIpc) is 3.03. The molecule has 2 amide bonds. The van der Waals surface area contributed by atoms with Gasteiger partial charge in [-0.25, -0.2) is 4.79 Å². The molecule has 3 aliphatic rings. The van der Waals surface area contributed by atoms with Gasteiger partial charge in [0.05, 0.1) is 18.5 Å². The van der Waals surface area contributed by atoms with Gasteiger partial charge < -0.3 is 15.7 Å². The molecule has 0 aromatic heterocycles. The summed E-state index contributed by atoms with van der Waals surface area (Å²) in [5.74, 6) is 0.461. The Morgan fingerprint density at radius 2 is 1.83 bits per heavy atom. The van der Waals surface area contributed by atoms with E-state index in [2.05, 4.69) is 10.6 Å². The van der Waals surface area contributed by atoms with Crippen LogP contribution in [0.15, 0.2) is 0 Å². The molecule has 3 rings (SSSR count). The standard InChI is InChI=1S/C10H16N2O3S.C6H8O2/c13-8(14)4-2-1-3-7-9-6(5-16-7)11-10(15)12-9;7-5-2-1-3-6(8)4-5/h6-7,9H,1-5H2,(H,13,14)(H2,11,12,15);1-4H2/t6-,7-,9-;/m0./s1. The third-order valence-electron chi connectivity index (χ3n) is 4.37. The Kier molecular flexibility index (Phi) is 7.08. The van der Waals surface area contributed by atoms with Gasteiger partial charge in [-0.2, -0.15) is 11.8 Å². The lowest BCUT2D eigenvalue weighted by atomic mass is 9.98. The highest BCUT2D eigenvalue weighted by Crippen LogP contribution is 2.33. The minimum Gasteiger partial charge on any atom is -0.481 e. The van der Waals surface area contributed by atoms with Crippen molar-refractivity contribution in [3.63, 3.8) is 0 Å². The Balaban J connectivity index is 0.000000219. The molecule has 1 aliphatic carbocycles. The number of hydrogen-bond acceptors (Lipinski definition) is 5. The summed E-state index contributed by atoms with van der Waals surface area (Å²) in [7, 11) is 0. The quantitative estimate of drug-likeness (QED) is 0.391. The molecule has 2 saturated heterocycles. The molecule has 0 radical (unpaired) electrons. The van der Waals surface area contributed by atoms with Gasteiger partial charge in [-0.3, -0.25) is 14.4 Å². The van der Waals surface area contributed by atoms with E-state index < -0.39 is 5.97 Å². The van der Waals surface area contributed by atoms with E-state index >= 15 is 0 Å². The number of carbonyl (C=O) groups excluding carboxylic acids is 3. The second-order valence-corrected chi connectivity index (χ2v) is 7.64. The SMILES string of the molecule is O=C(O)CCCC[C@@H]1SC[C@@H]2NC(=O)N[C@@H]21.O=C1CCCC(=O)C1. The second kappa shape index (κ2) is 9.05. The molecule has 24 heavy (non-hydrogen) atoms. The molecule has 8 heteroatoms. The molecule has 3 atom stereocenters.